The number of benzene rings is 1. The molecule has 0 fully saturated rings. The largest absolute Gasteiger partial charge is 0.449 e. The van der Waals surface area contributed by atoms with Gasteiger partial charge < -0.3 is 9.47 Å². The number of ether oxygens (including phenoxy) is 2. The van der Waals surface area contributed by atoms with Gasteiger partial charge in [0.25, 0.3) is 0 Å². The van der Waals surface area contributed by atoms with Gasteiger partial charge in [-0.1, -0.05) is 6.07 Å². The Morgan fingerprint density at radius 1 is 1.17 bits per heavy atom. The molecule has 1 aliphatic heterocycles. The summed E-state index contributed by atoms with van der Waals surface area (Å²) in [5.74, 6) is 1.14. The molecule has 2 rings (SSSR count). The molecule has 1 aliphatic rings. The van der Waals surface area contributed by atoms with Crippen molar-refractivity contribution in [3.8, 4) is 11.5 Å². The summed E-state index contributed by atoms with van der Waals surface area (Å²) in [5, 5.41) is 1.11. The van der Waals surface area contributed by atoms with Crippen LogP contribution in [0.5, 0.6) is 11.5 Å². The zero-order chi connectivity index (χ0) is 8.77. The summed E-state index contributed by atoms with van der Waals surface area (Å²) >= 11 is 0. The lowest BCUT2D eigenvalue weighted by Crippen LogP contribution is -2.29. The second kappa shape index (κ2) is 2.37. The van der Waals surface area contributed by atoms with E-state index in [1.54, 1.807) is 0 Å². The Bertz CT molecular complexity index is 320. The molecule has 12 heavy (non-hydrogen) atoms. The molecule has 1 atom stereocenters. The highest BCUT2D eigenvalue weighted by molar-refractivity contribution is 7.27. The molecular formula is C9H11O2P. The van der Waals surface area contributed by atoms with E-state index in [-0.39, 0.29) is 0 Å². The van der Waals surface area contributed by atoms with E-state index in [2.05, 4.69) is 9.24 Å². The standard InChI is InChI=1S/C9H11O2P/c1-9(2)10-7-4-3-6(12)5-8(7)11-9/h3-5H,12H2,1-2H3. The smallest absolute Gasteiger partial charge is 0.246 e. The highest BCUT2D eigenvalue weighted by atomic mass is 31.0. The van der Waals surface area contributed by atoms with Crippen LogP contribution in [-0.2, 0) is 0 Å². The Balaban J connectivity index is 2.43. The van der Waals surface area contributed by atoms with Crippen molar-refractivity contribution in [2.45, 2.75) is 19.6 Å². The average molecular weight is 182 g/mol. The van der Waals surface area contributed by atoms with E-state index >= 15 is 0 Å². The molecule has 1 heterocycles. The van der Waals surface area contributed by atoms with Crippen LogP contribution in [0.4, 0.5) is 0 Å². The SMILES string of the molecule is CC1(C)Oc2ccc(P)cc2O1. The molecule has 3 heteroatoms. The summed E-state index contributed by atoms with van der Waals surface area (Å²) in [4.78, 5) is 0. The van der Waals surface area contributed by atoms with Crippen molar-refractivity contribution in [2.24, 2.45) is 0 Å². The predicted octanol–water partition coefficient (Wildman–Crippen LogP) is 1.69. The van der Waals surface area contributed by atoms with Crippen LogP contribution in [0.1, 0.15) is 13.8 Å². The molecule has 1 aromatic rings. The minimum absolute atomic E-state index is 0.513. The Morgan fingerprint density at radius 3 is 2.58 bits per heavy atom. The average Bonchev–Trinajstić information content (AvgIpc) is 2.21. The summed E-state index contributed by atoms with van der Waals surface area (Å²) in [6, 6.07) is 5.86. The summed E-state index contributed by atoms with van der Waals surface area (Å²) in [5.41, 5.74) is 0. The molecule has 0 radical (unpaired) electrons. The zero-order valence-corrected chi connectivity index (χ0v) is 8.28. The fraction of sp³-hybridized carbons (Fsp3) is 0.333. The second-order valence-corrected chi connectivity index (χ2v) is 3.98. The van der Waals surface area contributed by atoms with Crippen LogP contribution in [0.25, 0.3) is 0 Å². The normalized spacial score (nSPS) is 17.9. The molecule has 0 bridgehead atoms. The van der Waals surface area contributed by atoms with E-state index in [1.165, 1.54) is 0 Å². The minimum Gasteiger partial charge on any atom is -0.449 e. The molecule has 0 amide bonds. The summed E-state index contributed by atoms with van der Waals surface area (Å²) in [6.07, 6.45) is 0. The van der Waals surface area contributed by atoms with Gasteiger partial charge in [-0.2, -0.15) is 0 Å². The first kappa shape index (κ1) is 7.88. The van der Waals surface area contributed by atoms with E-state index in [0.29, 0.717) is 0 Å². The maximum Gasteiger partial charge on any atom is 0.246 e. The van der Waals surface area contributed by atoms with Crippen molar-refractivity contribution in [2.75, 3.05) is 0 Å². The maximum absolute atomic E-state index is 5.54. The van der Waals surface area contributed by atoms with Crippen molar-refractivity contribution >= 4 is 14.5 Å². The van der Waals surface area contributed by atoms with Gasteiger partial charge in [-0.05, 0) is 17.4 Å². The number of rotatable bonds is 0. The lowest BCUT2D eigenvalue weighted by molar-refractivity contribution is -0.0431. The molecule has 0 aromatic heterocycles. The molecule has 1 aromatic carbocycles. The zero-order valence-electron chi connectivity index (χ0n) is 7.13. The van der Waals surface area contributed by atoms with Gasteiger partial charge in [0.15, 0.2) is 11.5 Å². The van der Waals surface area contributed by atoms with Gasteiger partial charge in [-0.3, -0.25) is 0 Å². The Morgan fingerprint density at radius 2 is 1.83 bits per heavy atom. The third-order valence-electron chi connectivity index (χ3n) is 1.68. The molecular weight excluding hydrogens is 171 g/mol. The van der Waals surface area contributed by atoms with Crippen LogP contribution in [0.2, 0.25) is 0 Å². The van der Waals surface area contributed by atoms with Crippen LogP contribution < -0.4 is 14.8 Å². The summed E-state index contributed by atoms with van der Waals surface area (Å²) in [6.45, 7) is 3.80. The van der Waals surface area contributed by atoms with Crippen molar-refractivity contribution in [1.29, 1.82) is 0 Å². The molecule has 2 nitrogen and oxygen atoms in total. The number of fused-ring (bicyclic) bond motifs is 1. The maximum atomic E-state index is 5.54. The molecule has 0 aliphatic carbocycles. The highest BCUT2D eigenvalue weighted by Gasteiger charge is 2.31. The minimum atomic E-state index is -0.513. The van der Waals surface area contributed by atoms with E-state index in [1.807, 2.05) is 32.0 Å². The molecule has 64 valence electrons. The lowest BCUT2D eigenvalue weighted by atomic mass is 10.3. The number of hydrogen-bond acceptors (Lipinski definition) is 2. The fourth-order valence-electron chi connectivity index (χ4n) is 1.24. The Hall–Kier alpha value is -0.750. The van der Waals surface area contributed by atoms with E-state index in [4.69, 9.17) is 9.47 Å². The van der Waals surface area contributed by atoms with Gasteiger partial charge in [0.2, 0.25) is 5.79 Å². The van der Waals surface area contributed by atoms with Crippen LogP contribution in [0.15, 0.2) is 18.2 Å². The fourth-order valence-corrected chi connectivity index (χ4v) is 1.49. The number of hydrogen-bond donors (Lipinski definition) is 0. The monoisotopic (exact) mass is 182 g/mol. The van der Waals surface area contributed by atoms with Gasteiger partial charge in [0.1, 0.15) is 0 Å². The van der Waals surface area contributed by atoms with Gasteiger partial charge in [0, 0.05) is 13.8 Å². The van der Waals surface area contributed by atoms with Crippen LogP contribution >= 0.6 is 9.24 Å². The van der Waals surface area contributed by atoms with Crippen molar-refractivity contribution in [3.63, 3.8) is 0 Å². The molecule has 0 saturated carbocycles. The second-order valence-electron chi connectivity index (χ2n) is 3.31. The Labute approximate surface area is 74.1 Å². The first-order chi connectivity index (χ1) is 5.57. The van der Waals surface area contributed by atoms with Gasteiger partial charge in [-0.25, -0.2) is 0 Å². The summed E-state index contributed by atoms with van der Waals surface area (Å²) < 4.78 is 11.1. The van der Waals surface area contributed by atoms with Gasteiger partial charge >= 0.3 is 0 Å². The van der Waals surface area contributed by atoms with Gasteiger partial charge in [-0.15, -0.1) is 9.24 Å². The van der Waals surface area contributed by atoms with Crippen molar-refractivity contribution in [3.05, 3.63) is 18.2 Å². The first-order valence-electron chi connectivity index (χ1n) is 3.84. The lowest BCUT2D eigenvalue weighted by Gasteiger charge is -2.16. The molecule has 1 unspecified atom stereocenters. The molecule has 0 N–H and O–H groups in total. The van der Waals surface area contributed by atoms with Crippen LogP contribution in [0.3, 0.4) is 0 Å². The van der Waals surface area contributed by atoms with E-state index in [0.717, 1.165) is 16.8 Å². The topological polar surface area (TPSA) is 18.5 Å². The predicted molar refractivity (Wildman–Crippen MR) is 51.1 cm³/mol. The van der Waals surface area contributed by atoms with Crippen LogP contribution in [0, 0.1) is 0 Å². The third kappa shape index (κ3) is 1.27. The first-order valence-corrected chi connectivity index (χ1v) is 4.42. The van der Waals surface area contributed by atoms with Crippen molar-refractivity contribution < 1.29 is 9.47 Å². The molecule has 0 saturated heterocycles. The Kier molecular flexibility index (Phi) is 1.55. The third-order valence-corrected chi connectivity index (χ3v) is 2.04. The van der Waals surface area contributed by atoms with E-state index in [9.17, 15) is 0 Å². The van der Waals surface area contributed by atoms with Crippen LogP contribution in [-0.4, -0.2) is 5.79 Å². The quantitative estimate of drug-likeness (QED) is 0.568. The molecule has 0 spiro atoms. The van der Waals surface area contributed by atoms with Gasteiger partial charge in [0.05, 0.1) is 0 Å². The van der Waals surface area contributed by atoms with Crippen molar-refractivity contribution in [1.82, 2.24) is 0 Å². The van der Waals surface area contributed by atoms with E-state index < -0.39 is 5.79 Å². The summed E-state index contributed by atoms with van der Waals surface area (Å²) in [7, 11) is 2.63. The highest BCUT2D eigenvalue weighted by Crippen LogP contribution is 2.38.